The summed E-state index contributed by atoms with van der Waals surface area (Å²) >= 11 is 5.33. The highest BCUT2D eigenvalue weighted by Crippen LogP contribution is 2.19. The number of benzene rings is 1. The zero-order valence-corrected chi connectivity index (χ0v) is 10.1. The van der Waals surface area contributed by atoms with Gasteiger partial charge in [0.15, 0.2) is 0 Å². The first-order valence-electron chi connectivity index (χ1n) is 5.05. The Morgan fingerprint density at radius 3 is 2.50 bits per heavy atom. The third-order valence-corrected chi connectivity index (χ3v) is 2.56. The summed E-state index contributed by atoms with van der Waals surface area (Å²) in [4.78, 5) is 22.3. The second-order valence-electron chi connectivity index (χ2n) is 3.52. The number of rotatable bonds is 4. The van der Waals surface area contributed by atoms with E-state index in [1.165, 1.54) is 6.92 Å². The van der Waals surface area contributed by atoms with Crippen LogP contribution in [0.2, 0.25) is 5.02 Å². The number of aliphatic carboxylic acids is 1. The first kappa shape index (κ1) is 14.4. The molecule has 7 heteroatoms. The summed E-state index contributed by atoms with van der Waals surface area (Å²) in [6.07, 6.45) is 0.124. The average Bonchev–Trinajstić information content (AvgIpc) is 2.29. The van der Waals surface area contributed by atoms with Crippen molar-refractivity contribution in [2.45, 2.75) is 19.4 Å². The lowest BCUT2D eigenvalue weighted by Gasteiger charge is -2.12. The third kappa shape index (κ3) is 3.16. The summed E-state index contributed by atoms with van der Waals surface area (Å²) in [5.74, 6) is -4.22. The van der Waals surface area contributed by atoms with Crippen molar-refractivity contribution >= 4 is 23.5 Å². The first-order chi connectivity index (χ1) is 8.36. The normalized spacial score (nSPS) is 12.0. The zero-order chi connectivity index (χ0) is 13.9. The van der Waals surface area contributed by atoms with E-state index in [0.29, 0.717) is 12.1 Å². The molecule has 0 aliphatic rings. The SMILES string of the molecule is CCC(NC(=O)c1cc(F)c(Cl)cc1F)C(=O)O. The Bertz CT molecular complexity index is 493. The molecular formula is C11H10ClF2NO3. The van der Waals surface area contributed by atoms with E-state index in [2.05, 4.69) is 5.32 Å². The fourth-order valence-electron chi connectivity index (χ4n) is 1.27. The Morgan fingerprint density at radius 2 is 2.00 bits per heavy atom. The molecule has 0 heterocycles. The van der Waals surface area contributed by atoms with Gasteiger partial charge in [0.1, 0.15) is 17.7 Å². The minimum absolute atomic E-state index is 0.124. The number of hydrogen-bond acceptors (Lipinski definition) is 2. The average molecular weight is 278 g/mol. The molecule has 0 fully saturated rings. The van der Waals surface area contributed by atoms with Gasteiger partial charge in [-0.1, -0.05) is 18.5 Å². The molecule has 0 bridgehead atoms. The van der Waals surface area contributed by atoms with Gasteiger partial charge in [-0.15, -0.1) is 0 Å². The molecule has 0 aromatic heterocycles. The number of carbonyl (C=O) groups is 2. The summed E-state index contributed by atoms with van der Waals surface area (Å²) in [5, 5.41) is 10.4. The van der Waals surface area contributed by atoms with Gasteiger partial charge in [-0.05, 0) is 18.6 Å². The number of carboxylic acid groups (broad SMARTS) is 1. The van der Waals surface area contributed by atoms with E-state index in [4.69, 9.17) is 16.7 Å². The first-order valence-corrected chi connectivity index (χ1v) is 5.42. The molecule has 1 aromatic rings. The van der Waals surface area contributed by atoms with Gasteiger partial charge in [0.25, 0.3) is 5.91 Å². The van der Waals surface area contributed by atoms with Crippen molar-refractivity contribution in [3.05, 3.63) is 34.4 Å². The molecule has 1 aromatic carbocycles. The van der Waals surface area contributed by atoms with Crippen molar-refractivity contribution in [2.24, 2.45) is 0 Å². The lowest BCUT2D eigenvalue weighted by molar-refractivity contribution is -0.139. The Morgan fingerprint density at radius 1 is 1.39 bits per heavy atom. The topological polar surface area (TPSA) is 66.4 Å². The van der Waals surface area contributed by atoms with Crippen LogP contribution < -0.4 is 5.32 Å². The van der Waals surface area contributed by atoms with Gasteiger partial charge >= 0.3 is 5.97 Å². The number of amides is 1. The molecule has 18 heavy (non-hydrogen) atoms. The highest BCUT2D eigenvalue weighted by molar-refractivity contribution is 6.30. The molecule has 0 aliphatic heterocycles. The summed E-state index contributed by atoms with van der Waals surface area (Å²) in [5.41, 5.74) is -0.586. The molecule has 0 spiro atoms. The summed E-state index contributed by atoms with van der Waals surface area (Å²) < 4.78 is 26.5. The standard InChI is InChI=1S/C11H10ClF2NO3/c1-2-9(11(17)18)15-10(16)5-3-8(14)6(12)4-7(5)13/h3-4,9H,2H2,1H3,(H,15,16)(H,17,18). The maximum absolute atomic E-state index is 13.4. The molecule has 1 amide bonds. The van der Waals surface area contributed by atoms with Crippen molar-refractivity contribution < 1.29 is 23.5 Å². The Kier molecular flexibility index (Phi) is 4.61. The quantitative estimate of drug-likeness (QED) is 0.829. The van der Waals surface area contributed by atoms with Crippen molar-refractivity contribution in [3.63, 3.8) is 0 Å². The van der Waals surface area contributed by atoms with Crippen LogP contribution in [0.3, 0.4) is 0 Å². The van der Waals surface area contributed by atoms with Gasteiger partial charge in [0, 0.05) is 0 Å². The highest BCUT2D eigenvalue weighted by atomic mass is 35.5. The minimum atomic E-state index is -1.25. The number of carboxylic acids is 1. The number of hydrogen-bond donors (Lipinski definition) is 2. The van der Waals surface area contributed by atoms with Crippen LogP contribution in [0.25, 0.3) is 0 Å². The Balaban J connectivity index is 2.97. The number of nitrogens with one attached hydrogen (secondary N) is 1. The molecule has 1 atom stereocenters. The molecular weight excluding hydrogens is 268 g/mol. The molecule has 0 saturated carbocycles. The van der Waals surface area contributed by atoms with Crippen LogP contribution in [-0.4, -0.2) is 23.0 Å². The van der Waals surface area contributed by atoms with Gasteiger partial charge in [0.2, 0.25) is 0 Å². The predicted octanol–water partition coefficient (Wildman–Crippen LogP) is 2.21. The highest BCUT2D eigenvalue weighted by Gasteiger charge is 2.21. The molecule has 1 unspecified atom stereocenters. The molecule has 4 nitrogen and oxygen atoms in total. The van der Waals surface area contributed by atoms with Crippen LogP contribution in [-0.2, 0) is 4.79 Å². The Labute approximate surface area is 107 Å². The zero-order valence-electron chi connectivity index (χ0n) is 9.34. The maximum atomic E-state index is 13.4. The van der Waals surface area contributed by atoms with E-state index in [1.807, 2.05) is 0 Å². The van der Waals surface area contributed by atoms with E-state index < -0.39 is 40.1 Å². The van der Waals surface area contributed by atoms with Crippen molar-refractivity contribution in [3.8, 4) is 0 Å². The van der Waals surface area contributed by atoms with Crippen molar-refractivity contribution in [2.75, 3.05) is 0 Å². The molecule has 0 saturated heterocycles. The van der Waals surface area contributed by atoms with Crippen LogP contribution in [0.1, 0.15) is 23.7 Å². The number of halogens is 3. The predicted molar refractivity (Wildman–Crippen MR) is 60.5 cm³/mol. The van der Waals surface area contributed by atoms with E-state index in [-0.39, 0.29) is 6.42 Å². The monoisotopic (exact) mass is 277 g/mol. The molecule has 0 aliphatic carbocycles. The minimum Gasteiger partial charge on any atom is -0.480 e. The van der Waals surface area contributed by atoms with E-state index >= 15 is 0 Å². The van der Waals surface area contributed by atoms with Crippen LogP contribution in [0.4, 0.5) is 8.78 Å². The van der Waals surface area contributed by atoms with Crippen LogP contribution in [0, 0.1) is 11.6 Å². The van der Waals surface area contributed by atoms with Crippen LogP contribution in [0.15, 0.2) is 12.1 Å². The second kappa shape index (κ2) is 5.77. The van der Waals surface area contributed by atoms with Crippen LogP contribution >= 0.6 is 11.6 Å². The fraction of sp³-hybridized carbons (Fsp3) is 0.273. The van der Waals surface area contributed by atoms with Gasteiger partial charge in [-0.3, -0.25) is 4.79 Å². The van der Waals surface area contributed by atoms with Gasteiger partial charge in [-0.25, -0.2) is 13.6 Å². The molecule has 2 N–H and O–H groups in total. The van der Waals surface area contributed by atoms with Crippen molar-refractivity contribution in [1.82, 2.24) is 5.32 Å². The van der Waals surface area contributed by atoms with E-state index in [1.54, 1.807) is 0 Å². The molecule has 0 radical (unpaired) electrons. The number of carbonyl (C=O) groups excluding carboxylic acids is 1. The lowest BCUT2D eigenvalue weighted by atomic mass is 10.1. The maximum Gasteiger partial charge on any atom is 0.326 e. The summed E-state index contributed by atoms with van der Waals surface area (Å²) in [6, 6.07) is 0.130. The summed E-state index contributed by atoms with van der Waals surface area (Å²) in [6.45, 7) is 1.54. The van der Waals surface area contributed by atoms with Gasteiger partial charge in [-0.2, -0.15) is 0 Å². The van der Waals surface area contributed by atoms with Crippen molar-refractivity contribution in [1.29, 1.82) is 0 Å². The van der Waals surface area contributed by atoms with Gasteiger partial charge < -0.3 is 10.4 Å². The Hall–Kier alpha value is -1.69. The second-order valence-corrected chi connectivity index (χ2v) is 3.93. The van der Waals surface area contributed by atoms with Gasteiger partial charge in [0.05, 0.1) is 10.6 Å². The fourth-order valence-corrected chi connectivity index (χ4v) is 1.42. The summed E-state index contributed by atoms with van der Waals surface area (Å²) in [7, 11) is 0. The molecule has 98 valence electrons. The largest absolute Gasteiger partial charge is 0.480 e. The smallest absolute Gasteiger partial charge is 0.326 e. The lowest BCUT2D eigenvalue weighted by Crippen LogP contribution is -2.40. The third-order valence-electron chi connectivity index (χ3n) is 2.27. The van der Waals surface area contributed by atoms with Crippen LogP contribution in [0.5, 0.6) is 0 Å². The van der Waals surface area contributed by atoms with E-state index in [0.717, 1.165) is 0 Å². The molecule has 1 rings (SSSR count). The van der Waals surface area contributed by atoms with E-state index in [9.17, 15) is 18.4 Å².